The van der Waals surface area contributed by atoms with Gasteiger partial charge in [0, 0.05) is 44.5 Å². The first-order valence-corrected chi connectivity index (χ1v) is 13.8. The van der Waals surface area contributed by atoms with Crippen molar-refractivity contribution in [1.82, 2.24) is 24.0 Å². The van der Waals surface area contributed by atoms with Gasteiger partial charge in [0.05, 0.1) is 45.2 Å². The van der Waals surface area contributed by atoms with E-state index in [9.17, 15) is 24.3 Å². The van der Waals surface area contributed by atoms with E-state index in [2.05, 4.69) is 15.3 Å². The Balaban J connectivity index is 1.29. The maximum absolute atomic E-state index is 13.3. The molecule has 2 fully saturated rings. The Kier molecular flexibility index (Phi) is 7.10. The highest BCUT2D eigenvalue weighted by molar-refractivity contribution is 6.34. The molecule has 0 spiro atoms. The number of benzene rings is 1. The maximum Gasteiger partial charge on any atom is 0.410 e. The largest absolute Gasteiger partial charge is 0.506 e. The lowest BCUT2D eigenvalue weighted by Crippen LogP contribution is -2.52. The zero-order valence-corrected chi connectivity index (χ0v) is 24.1. The molecule has 3 aromatic heterocycles. The summed E-state index contributed by atoms with van der Waals surface area (Å²) in [6.07, 6.45) is 3.98. The van der Waals surface area contributed by atoms with Crippen molar-refractivity contribution in [3.63, 3.8) is 0 Å². The van der Waals surface area contributed by atoms with Crippen LogP contribution in [0.15, 0.2) is 41.7 Å². The van der Waals surface area contributed by atoms with E-state index in [0.717, 1.165) is 0 Å². The number of piperazine rings is 1. The van der Waals surface area contributed by atoms with Gasteiger partial charge in [-0.15, -0.1) is 0 Å². The number of carbonyl (C=O) groups is 3. The molecule has 0 aliphatic carbocycles. The fourth-order valence-electron chi connectivity index (χ4n) is 5.28. The molecule has 2 saturated heterocycles. The van der Waals surface area contributed by atoms with Crippen molar-refractivity contribution >= 4 is 63.6 Å². The number of cyclic esters (lactones) is 1. The molecule has 4 aromatic rings. The van der Waals surface area contributed by atoms with Gasteiger partial charge in [0.1, 0.15) is 30.4 Å². The number of nitrogens with two attached hydrogens (primary N) is 1. The molecule has 16 heteroatoms. The number of amides is 3. The van der Waals surface area contributed by atoms with Crippen LogP contribution in [0.3, 0.4) is 0 Å². The number of phenols is 1. The molecule has 2 aliphatic heterocycles. The van der Waals surface area contributed by atoms with Gasteiger partial charge in [-0.25, -0.2) is 14.8 Å². The Hall–Kier alpha value is -4.82. The van der Waals surface area contributed by atoms with Crippen molar-refractivity contribution in [1.29, 1.82) is 0 Å². The van der Waals surface area contributed by atoms with Crippen molar-refractivity contribution < 1.29 is 24.2 Å². The van der Waals surface area contributed by atoms with Gasteiger partial charge in [0.25, 0.3) is 11.5 Å². The zero-order chi connectivity index (χ0) is 30.6. The van der Waals surface area contributed by atoms with E-state index in [1.165, 1.54) is 47.0 Å². The summed E-state index contributed by atoms with van der Waals surface area (Å²) in [5, 5.41) is 13.2. The molecule has 0 bridgehead atoms. The number of anilines is 2. The number of nitrogens with zero attached hydrogens (tertiary/aromatic N) is 6. The summed E-state index contributed by atoms with van der Waals surface area (Å²) in [4.78, 5) is 62.6. The van der Waals surface area contributed by atoms with Gasteiger partial charge in [0.2, 0.25) is 5.91 Å². The van der Waals surface area contributed by atoms with Gasteiger partial charge in [-0.3, -0.25) is 19.3 Å². The lowest BCUT2D eigenvalue weighted by atomic mass is 10.0. The van der Waals surface area contributed by atoms with E-state index in [1.54, 1.807) is 11.0 Å². The third kappa shape index (κ3) is 5.08. The van der Waals surface area contributed by atoms with E-state index in [1.807, 2.05) is 4.90 Å². The fourth-order valence-corrected chi connectivity index (χ4v) is 5.65. The number of ether oxygens (including phenoxy) is 1. The minimum atomic E-state index is -0.907. The number of aromatic nitrogens is 4. The molecule has 0 saturated carbocycles. The van der Waals surface area contributed by atoms with E-state index in [-0.39, 0.29) is 45.3 Å². The first-order valence-electron chi connectivity index (χ1n) is 13.0. The summed E-state index contributed by atoms with van der Waals surface area (Å²) in [5.41, 5.74) is 5.98. The average Bonchev–Trinajstić information content (AvgIpc) is 3.53. The second kappa shape index (κ2) is 10.8. The SMILES string of the molecule is Cn1cnc2c(c(-c3cc(Cl)c(O)c(C(N)=O)c3)cn2CC(=O)Nc2cc(N3CCN4C(=O)OCC4C3)ncc2Cl)c1=O. The smallest absolute Gasteiger partial charge is 0.410 e. The number of pyridine rings is 1. The van der Waals surface area contributed by atoms with Crippen LogP contribution in [0.4, 0.5) is 16.3 Å². The predicted molar refractivity (Wildman–Crippen MR) is 158 cm³/mol. The van der Waals surface area contributed by atoms with Crippen molar-refractivity contribution in [2.45, 2.75) is 12.6 Å². The average molecular weight is 627 g/mol. The summed E-state index contributed by atoms with van der Waals surface area (Å²) in [5.74, 6) is -1.28. The number of halogens is 2. The van der Waals surface area contributed by atoms with E-state index in [4.69, 9.17) is 33.7 Å². The topological polar surface area (TPSA) is 178 Å². The molecular weight excluding hydrogens is 603 g/mol. The standard InChI is InChI=1S/C27H24Cl2N8O6/c1-34-12-32-25-22(26(34)41)16(13-4-15(24(30)40)23(39)17(28)5-13)9-36(25)10-21(38)33-19-6-20(31-7-18(19)29)35-2-3-37-14(8-35)11-43-27(37)42/h4-7,9,12,14,39H,2-3,8,10-11H2,1H3,(H2,30,40)(H,31,33,38). The summed E-state index contributed by atoms with van der Waals surface area (Å²) >= 11 is 12.5. The number of hydrogen-bond donors (Lipinski definition) is 3. The highest BCUT2D eigenvalue weighted by Crippen LogP contribution is 2.36. The minimum absolute atomic E-state index is 0.0873. The number of fused-ring (bicyclic) bond motifs is 2. The number of nitrogens with one attached hydrogen (secondary N) is 1. The molecule has 0 radical (unpaired) electrons. The summed E-state index contributed by atoms with van der Waals surface area (Å²) in [6.45, 7) is 1.59. The van der Waals surface area contributed by atoms with Crippen LogP contribution in [-0.2, 0) is 23.1 Å². The summed E-state index contributed by atoms with van der Waals surface area (Å²) in [6, 6.07) is 4.28. The van der Waals surface area contributed by atoms with Crippen molar-refractivity contribution in [3.05, 3.63) is 62.9 Å². The Morgan fingerprint density at radius 2 is 1.95 bits per heavy atom. The summed E-state index contributed by atoms with van der Waals surface area (Å²) in [7, 11) is 1.53. The van der Waals surface area contributed by atoms with Crippen LogP contribution >= 0.6 is 23.2 Å². The van der Waals surface area contributed by atoms with Gasteiger partial charge in [-0.2, -0.15) is 0 Å². The van der Waals surface area contributed by atoms with Crippen LogP contribution in [-0.4, -0.2) is 79.3 Å². The normalized spacial score (nSPS) is 16.3. The monoisotopic (exact) mass is 626 g/mol. The fraction of sp³-hybridized carbons (Fsp3) is 0.259. The van der Waals surface area contributed by atoms with Gasteiger partial charge in [-0.05, 0) is 17.7 Å². The number of aromatic hydroxyl groups is 1. The van der Waals surface area contributed by atoms with Crippen molar-refractivity contribution in [2.24, 2.45) is 12.8 Å². The number of carbonyl (C=O) groups excluding carboxylic acids is 3. The third-order valence-corrected chi connectivity index (χ3v) is 8.04. The van der Waals surface area contributed by atoms with Gasteiger partial charge in [0.15, 0.2) is 0 Å². The number of hydrogen-bond acceptors (Lipinski definition) is 9. The quantitative estimate of drug-likeness (QED) is 0.289. The Morgan fingerprint density at radius 3 is 2.72 bits per heavy atom. The lowest BCUT2D eigenvalue weighted by molar-refractivity contribution is -0.116. The molecule has 1 atom stereocenters. The minimum Gasteiger partial charge on any atom is -0.506 e. The molecular formula is C27H24Cl2N8O6. The molecule has 14 nitrogen and oxygen atoms in total. The van der Waals surface area contributed by atoms with E-state index < -0.39 is 23.1 Å². The third-order valence-electron chi connectivity index (χ3n) is 7.45. The van der Waals surface area contributed by atoms with Crippen LogP contribution in [0.2, 0.25) is 10.0 Å². The van der Waals surface area contributed by atoms with Gasteiger partial charge >= 0.3 is 6.09 Å². The molecule has 222 valence electrons. The van der Waals surface area contributed by atoms with Gasteiger partial charge < -0.3 is 34.9 Å². The highest BCUT2D eigenvalue weighted by Gasteiger charge is 2.37. The first-order chi connectivity index (χ1) is 20.5. The second-order valence-corrected chi connectivity index (χ2v) is 11.0. The second-order valence-electron chi connectivity index (χ2n) is 10.2. The van der Waals surface area contributed by atoms with Crippen LogP contribution < -0.4 is 21.5 Å². The molecule has 5 heterocycles. The highest BCUT2D eigenvalue weighted by atomic mass is 35.5. The molecule has 1 unspecified atom stereocenters. The van der Waals surface area contributed by atoms with Crippen molar-refractivity contribution in [2.75, 3.05) is 36.5 Å². The number of aryl methyl sites for hydroxylation is 1. The van der Waals surface area contributed by atoms with Crippen LogP contribution in [0.1, 0.15) is 10.4 Å². The number of primary amides is 1. The molecule has 43 heavy (non-hydrogen) atoms. The van der Waals surface area contributed by atoms with Crippen LogP contribution in [0, 0.1) is 0 Å². The molecule has 2 aliphatic rings. The zero-order valence-electron chi connectivity index (χ0n) is 22.6. The number of rotatable bonds is 6. The lowest BCUT2D eigenvalue weighted by Gasteiger charge is -2.36. The molecule has 1 aromatic carbocycles. The summed E-state index contributed by atoms with van der Waals surface area (Å²) < 4.78 is 7.89. The van der Waals surface area contributed by atoms with Gasteiger partial charge in [-0.1, -0.05) is 23.2 Å². The molecule has 6 rings (SSSR count). The van der Waals surface area contributed by atoms with Crippen molar-refractivity contribution in [3.8, 4) is 16.9 Å². The predicted octanol–water partition coefficient (Wildman–Crippen LogP) is 2.19. The Morgan fingerprint density at radius 1 is 1.16 bits per heavy atom. The Labute approximate surface area is 253 Å². The van der Waals surface area contributed by atoms with Crippen LogP contribution in [0.5, 0.6) is 5.75 Å². The molecule has 3 amide bonds. The van der Waals surface area contributed by atoms with E-state index in [0.29, 0.717) is 48.9 Å². The van der Waals surface area contributed by atoms with E-state index >= 15 is 0 Å². The maximum atomic E-state index is 13.3. The Bertz CT molecular complexity index is 1890. The van der Waals surface area contributed by atoms with Crippen LogP contribution in [0.25, 0.3) is 22.2 Å². The first kappa shape index (κ1) is 28.3. The molecule has 4 N–H and O–H groups in total.